The monoisotopic (exact) mass is 823 g/mol. The molecule has 1 heteroatoms. The summed E-state index contributed by atoms with van der Waals surface area (Å²) in [5.74, 6) is 3.33. The van der Waals surface area contributed by atoms with Crippen molar-refractivity contribution in [1.29, 1.82) is 0 Å². The molecule has 310 valence electrons. The summed E-state index contributed by atoms with van der Waals surface area (Å²) in [6.45, 7) is 0. The summed E-state index contributed by atoms with van der Waals surface area (Å²) >= 11 is 0. The summed E-state index contributed by atoms with van der Waals surface area (Å²) in [4.78, 5) is 2.57. The van der Waals surface area contributed by atoms with E-state index in [0.29, 0.717) is 5.92 Å². The molecule has 0 saturated heterocycles. The zero-order valence-electron chi connectivity index (χ0n) is 36.5. The summed E-state index contributed by atoms with van der Waals surface area (Å²) in [6, 6.07) is 72.3. The maximum atomic E-state index is 2.66. The van der Waals surface area contributed by atoms with Gasteiger partial charge in [0.1, 0.15) is 0 Å². The van der Waals surface area contributed by atoms with Crippen LogP contribution in [-0.2, 0) is 23.7 Å². The molecule has 8 aromatic rings. The Hall–Kier alpha value is -6.44. The minimum Gasteiger partial charge on any atom is -0.310 e. The third kappa shape index (κ3) is 5.37. The summed E-state index contributed by atoms with van der Waals surface area (Å²) in [5, 5.41) is 0. The number of fused-ring (bicyclic) bond motifs is 15. The van der Waals surface area contributed by atoms with Crippen LogP contribution >= 0.6 is 0 Å². The molecule has 14 rings (SSSR count). The standard InChI is InChI=1S/C63H53N/c1-2-12-45(13-3-1)52-16-8-11-21-61(52)64(51-29-31-56-54-18-7-10-20-58(54)63(60(56)37-51)38-43-33-41-22-26-49(63)35-42(32-41)34-43)50-27-23-44(24-28-50)46-25-30-55-53-17-6-9-19-57(53)62(59(55)36-46)39-47-14-4-5-15-48(47)40-62/h1-21,23-25,27-31,36-37,41-43,49H,22,26,32-35,38-40H2. The van der Waals surface area contributed by atoms with Crippen molar-refractivity contribution in [2.45, 2.75) is 68.6 Å². The van der Waals surface area contributed by atoms with Crippen LogP contribution in [0.25, 0.3) is 44.5 Å². The quantitative estimate of drug-likeness (QED) is 0.167. The molecule has 0 N–H and O–H groups in total. The zero-order valence-corrected chi connectivity index (χ0v) is 36.5. The molecule has 8 aromatic carbocycles. The molecule has 0 radical (unpaired) electrons. The van der Waals surface area contributed by atoms with Crippen LogP contribution in [0.1, 0.15) is 78.3 Å². The molecule has 5 unspecified atom stereocenters. The van der Waals surface area contributed by atoms with Crippen molar-refractivity contribution in [2.24, 2.45) is 23.7 Å². The highest BCUT2D eigenvalue weighted by molar-refractivity contribution is 5.92. The molecule has 0 aromatic heterocycles. The van der Waals surface area contributed by atoms with Gasteiger partial charge in [0.15, 0.2) is 0 Å². The van der Waals surface area contributed by atoms with Crippen LogP contribution in [0.15, 0.2) is 188 Å². The average molecular weight is 824 g/mol. The van der Waals surface area contributed by atoms with Crippen molar-refractivity contribution in [3.05, 3.63) is 221 Å². The van der Waals surface area contributed by atoms with E-state index in [1.54, 1.807) is 11.1 Å². The molecule has 4 bridgehead atoms. The molecule has 2 spiro atoms. The normalized spacial score (nSPS) is 23.6. The van der Waals surface area contributed by atoms with E-state index < -0.39 is 0 Å². The minimum atomic E-state index is -0.0243. The van der Waals surface area contributed by atoms with Gasteiger partial charge >= 0.3 is 0 Å². The van der Waals surface area contributed by atoms with Crippen LogP contribution in [0.3, 0.4) is 0 Å². The molecular weight excluding hydrogens is 771 g/mol. The summed E-state index contributed by atoms with van der Waals surface area (Å²) in [6.07, 6.45) is 11.9. The predicted octanol–water partition coefficient (Wildman–Crippen LogP) is 16.1. The van der Waals surface area contributed by atoms with Crippen LogP contribution in [0.4, 0.5) is 17.1 Å². The number of hydrogen-bond donors (Lipinski definition) is 0. The molecule has 0 amide bonds. The van der Waals surface area contributed by atoms with Gasteiger partial charge in [-0.25, -0.2) is 0 Å². The van der Waals surface area contributed by atoms with Gasteiger partial charge in [0.05, 0.1) is 5.69 Å². The Labute approximate surface area is 378 Å². The first-order valence-corrected chi connectivity index (χ1v) is 24.2. The Kier molecular flexibility index (Phi) is 8.11. The Bertz CT molecular complexity index is 3110. The van der Waals surface area contributed by atoms with Crippen LogP contribution in [0, 0.1) is 23.7 Å². The lowest BCUT2D eigenvalue weighted by Crippen LogP contribution is -2.37. The van der Waals surface area contributed by atoms with Gasteiger partial charge in [-0.15, -0.1) is 0 Å². The van der Waals surface area contributed by atoms with E-state index in [1.165, 1.54) is 129 Å². The van der Waals surface area contributed by atoms with Crippen molar-refractivity contribution in [3.8, 4) is 44.5 Å². The number of nitrogens with zero attached hydrogens (tertiary/aromatic N) is 1. The largest absolute Gasteiger partial charge is 0.310 e. The topological polar surface area (TPSA) is 3.24 Å². The van der Waals surface area contributed by atoms with E-state index >= 15 is 0 Å². The number of rotatable bonds is 5. The second kappa shape index (κ2) is 14.0. The minimum absolute atomic E-state index is 0.0243. The molecule has 64 heavy (non-hydrogen) atoms. The molecule has 6 aliphatic carbocycles. The Morgan fingerprint density at radius 1 is 0.375 bits per heavy atom. The van der Waals surface area contributed by atoms with Gasteiger partial charge in [-0.05, 0) is 184 Å². The lowest BCUT2D eigenvalue weighted by atomic mass is 9.61. The van der Waals surface area contributed by atoms with Gasteiger partial charge in [0.2, 0.25) is 0 Å². The van der Waals surface area contributed by atoms with E-state index in [9.17, 15) is 0 Å². The highest BCUT2D eigenvalue weighted by Gasteiger charge is 2.54. The van der Waals surface area contributed by atoms with Crippen molar-refractivity contribution in [1.82, 2.24) is 0 Å². The molecule has 5 atom stereocenters. The molecule has 3 saturated carbocycles. The lowest BCUT2D eigenvalue weighted by Gasteiger charge is -2.43. The average Bonchev–Trinajstić information content (AvgIpc) is 3.89. The number of anilines is 3. The molecule has 6 aliphatic rings. The highest BCUT2D eigenvalue weighted by Crippen LogP contribution is 2.64. The van der Waals surface area contributed by atoms with Crippen molar-refractivity contribution < 1.29 is 0 Å². The summed E-state index contributed by atoms with van der Waals surface area (Å²) in [7, 11) is 0. The second-order valence-electron chi connectivity index (χ2n) is 20.5. The van der Waals surface area contributed by atoms with Gasteiger partial charge in [0.25, 0.3) is 0 Å². The SMILES string of the molecule is c1ccc(-c2ccccc2N(c2ccc(-c3ccc4c(c3)C3(Cc5ccccc5C3)c3ccccc3-4)cc2)c2ccc3c(c2)C2(CC4CC5CCC2CC(C5)C4)c2ccccc2-3)cc1. The fourth-order valence-corrected chi connectivity index (χ4v) is 14.9. The van der Waals surface area contributed by atoms with Crippen LogP contribution in [-0.4, -0.2) is 0 Å². The Morgan fingerprint density at radius 2 is 0.969 bits per heavy atom. The first-order chi connectivity index (χ1) is 31.6. The smallest absolute Gasteiger partial charge is 0.0540 e. The fraction of sp³-hybridized carbons (Fsp3) is 0.238. The predicted molar refractivity (Wildman–Crippen MR) is 265 cm³/mol. The Morgan fingerprint density at radius 3 is 1.78 bits per heavy atom. The molecular formula is C63H53N. The molecule has 3 fully saturated rings. The third-order valence-corrected chi connectivity index (χ3v) is 17.3. The third-order valence-electron chi connectivity index (χ3n) is 17.3. The molecule has 0 heterocycles. The van der Waals surface area contributed by atoms with Crippen LogP contribution < -0.4 is 4.90 Å². The Balaban J connectivity index is 0.909. The second-order valence-corrected chi connectivity index (χ2v) is 20.5. The van der Waals surface area contributed by atoms with E-state index in [1.807, 2.05) is 0 Å². The maximum absolute atomic E-state index is 2.66. The number of benzene rings is 8. The summed E-state index contributed by atoms with van der Waals surface area (Å²) < 4.78 is 0. The van der Waals surface area contributed by atoms with Crippen LogP contribution in [0.2, 0.25) is 0 Å². The molecule has 1 nitrogen and oxygen atoms in total. The number of hydrogen-bond acceptors (Lipinski definition) is 1. The van der Waals surface area contributed by atoms with E-state index in [0.717, 1.165) is 30.6 Å². The molecule has 0 aliphatic heterocycles. The zero-order chi connectivity index (χ0) is 42.0. The van der Waals surface area contributed by atoms with E-state index in [-0.39, 0.29) is 10.8 Å². The van der Waals surface area contributed by atoms with Gasteiger partial charge in [-0.1, -0.05) is 158 Å². The van der Waals surface area contributed by atoms with Crippen molar-refractivity contribution in [3.63, 3.8) is 0 Å². The van der Waals surface area contributed by atoms with Gasteiger partial charge in [0, 0.05) is 27.8 Å². The van der Waals surface area contributed by atoms with Crippen LogP contribution in [0.5, 0.6) is 0 Å². The number of para-hydroxylation sites is 1. The first kappa shape index (κ1) is 37.0. The van der Waals surface area contributed by atoms with E-state index in [4.69, 9.17) is 0 Å². The maximum Gasteiger partial charge on any atom is 0.0540 e. The van der Waals surface area contributed by atoms with Gasteiger partial charge in [-0.2, -0.15) is 0 Å². The van der Waals surface area contributed by atoms with Gasteiger partial charge < -0.3 is 4.90 Å². The lowest BCUT2D eigenvalue weighted by molar-refractivity contribution is 0.174. The highest BCUT2D eigenvalue weighted by atomic mass is 15.1. The van der Waals surface area contributed by atoms with E-state index in [2.05, 4.69) is 193 Å². The van der Waals surface area contributed by atoms with Crippen molar-refractivity contribution in [2.75, 3.05) is 4.90 Å². The first-order valence-electron chi connectivity index (χ1n) is 24.2. The van der Waals surface area contributed by atoms with Gasteiger partial charge in [-0.3, -0.25) is 0 Å². The van der Waals surface area contributed by atoms with Crippen molar-refractivity contribution >= 4 is 17.1 Å². The summed E-state index contributed by atoms with van der Waals surface area (Å²) in [5.41, 5.74) is 23.6. The fourth-order valence-electron chi connectivity index (χ4n) is 14.9.